The van der Waals surface area contributed by atoms with Gasteiger partial charge in [-0.1, -0.05) is 43.6 Å². The summed E-state index contributed by atoms with van der Waals surface area (Å²) in [5.41, 5.74) is 0. The zero-order valence-corrected chi connectivity index (χ0v) is 11.3. The molecule has 2 heteroatoms. The first-order valence-electron chi connectivity index (χ1n) is 4.84. The first-order chi connectivity index (χ1) is 5.56. The van der Waals surface area contributed by atoms with Crippen LogP contribution >= 0.6 is 23.9 Å². The molecule has 0 heterocycles. The summed E-state index contributed by atoms with van der Waals surface area (Å²) in [7, 11) is 0.313. The van der Waals surface area contributed by atoms with Gasteiger partial charge in [0.25, 0.3) is 0 Å². The van der Waals surface area contributed by atoms with Crippen molar-refractivity contribution >= 4 is 23.9 Å². The zero-order valence-electron chi connectivity index (χ0n) is 8.81. The molecule has 0 N–H and O–H groups in total. The molecule has 0 fully saturated rings. The van der Waals surface area contributed by atoms with E-state index in [2.05, 4.69) is 43.6 Å². The van der Waals surface area contributed by atoms with Crippen LogP contribution in [0.3, 0.4) is 0 Å². The number of hydrogen-bond acceptors (Lipinski definition) is 0. The molecule has 0 saturated heterocycles. The van der Waals surface area contributed by atoms with E-state index in [0.717, 1.165) is 11.8 Å². The van der Waals surface area contributed by atoms with Crippen LogP contribution in [0.15, 0.2) is 0 Å². The minimum absolute atomic E-state index is 0.313. The van der Waals surface area contributed by atoms with Gasteiger partial charge in [0.05, 0.1) is 0 Å². The third-order valence-corrected chi connectivity index (χ3v) is 6.01. The van der Waals surface area contributed by atoms with E-state index in [4.69, 9.17) is 0 Å². The van der Waals surface area contributed by atoms with Crippen molar-refractivity contribution < 1.29 is 0 Å². The molecule has 0 amide bonds. The summed E-state index contributed by atoms with van der Waals surface area (Å²) in [5, 5.41) is 1.19. The summed E-state index contributed by atoms with van der Waals surface area (Å²) in [6.45, 7) is 9.35. The third-order valence-electron chi connectivity index (χ3n) is 1.65. The summed E-state index contributed by atoms with van der Waals surface area (Å²) in [6, 6.07) is 0. The van der Waals surface area contributed by atoms with E-state index in [0.29, 0.717) is 7.92 Å². The van der Waals surface area contributed by atoms with Crippen LogP contribution in [0.1, 0.15) is 27.7 Å². The number of alkyl halides is 1. The Labute approximate surface area is 87.4 Å². The van der Waals surface area contributed by atoms with Crippen LogP contribution in [-0.2, 0) is 0 Å². The molecule has 0 atom stereocenters. The molecule has 74 valence electrons. The van der Waals surface area contributed by atoms with Gasteiger partial charge in [0.15, 0.2) is 0 Å². The lowest BCUT2D eigenvalue weighted by Crippen LogP contribution is -2.05. The maximum absolute atomic E-state index is 3.55. The summed E-state index contributed by atoms with van der Waals surface area (Å²) in [5.74, 6) is 1.77. The van der Waals surface area contributed by atoms with Gasteiger partial charge >= 0.3 is 0 Å². The van der Waals surface area contributed by atoms with Crippen molar-refractivity contribution in [1.29, 1.82) is 0 Å². The van der Waals surface area contributed by atoms with Gasteiger partial charge in [-0.25, -0.2) is 0 Å². The molecule has 0 rings (SSSR count). The molecule has 0 aliphatic rings. The smallest absolute Gasteiger partial charge is 0.00706 e. The average molecular weight is 253 g/mol. The average Bonchev–Trinajstić information content (AvgIpc) is 1.84. The molecule has 0 nitrogen and oxygen atoms in total. The van der Waals surface area contributed by atoms with Crippen LogP contribution in [-0.4, -0.2) is 23.8 Å². The first kappa shape index (κ1) is 12.9. The predicted octanol–water partition coefficient (Wildman–Crippen LogP) is 4.18. The minimum atomic E-state index is 0.313. The van der Waals surface area contributed by atoms with Crippen LogP contribution < -0.4 is 0 Å². The van der Waals surface area contributed by atoms with Crippen LogP contribution in [0.25, 0.3) is 0 Å². The van der Waals surface area contributed by atoms with Gasteiger partial charge < -0.3 is 0 Å². The van der Waals surface area contributed by atoms with Gasteiger partial charge in [0.1, 0.15) is 0 Å². The molecule has 0 aromatic rings. The van der Waals surface area contributed by atoms with Crippen LogP contribution in [0.2, 0.25) is 0 Å². The highest BCUT2D eigenvalue weighted by atomic mass is 79.9. The lowest BCUT2D eigenvalue weighted by atomic mass is 10.3. The molecular formula is C10H22BrP. The summed E-state index contributed by atoms with van der Waals surface area (Å²) in [4.78, 5) is 0. The fourth-order valence-corrected chi connectivity index (χ4v) is 5.73. The van der Waals surface area contributed by atoms with Crippen molar-refractivity contribution in [3.63, 3.8) is 0 Å². The molecule has 0 aliphatic heterocycles. The van der Waals surface area contributed by atoms with E-state index in [-0.39, 0.29) is 0 Å². The van der Waals surface area contributed by atoms with Gasteiger partial charge in [0, 0.05) is 5.33 Å². The van der Waals surface area contributed by atoms with E-state index in [1.165, 1.54) is 23.8 Å². The molecule has 0 spiro atoms. The fraction of sp³-hybridized carbons (Fsp3) is 1.00. The largest absolute Gasteiger partial charge is 0.105 e. The molecule has 0 aliphatic carbocycles. The van der Waals surface area contributed by atoms with Crippen molar-refractivity contribution in [1.82, 2.24) is 0 Å². The number of halogens is 1. The minimum Gasteiger partial charge on any atom is -0.105 e. The summed E-state index contributed by atoms with van der Waals surface area (Å²) < 4.78 is 0. The van der Waals surface area contributed by atoms with E-state index < -0.39 is 0 Å². The lowest BCUT2D eigenvalue weighted by molar-refractivity contribution is 0.718. The molecule has 0 radical (unpaired) electrons. The van der Waals surface area contributed by atoms with Gasteiger partial charge in [-0.2, -0.15) is 0 Å². The molecule has 0 saturated carbocycles. The Morgan fingerprint density at radius 3 is 1.67 bits per heavy atom. The Bertz CT molecular complexity index is 92.0. The van der Waals surface area contributed by atoms with Crippen LogP contribution in [0.5, 0.6) is 0 Å². The summed E-state index contributed by atoms with van der Waals surface area (Å²) in [6.07, 6.45) is 4.32. The maximum atomic E-state index is 3.55. The fourth-order valence-electron chi connectivity index (χ4n) is 1.41. The van der Waals surface area contributed by atoms with Crippen molar-refractivity contribution in [2.75, 3.05) is 23.8 Å². The lowest BCUT2D eigenvalue weighted by Gasteiger charge is -2.20. The van der Waals surface area contributed by atoms with Crippen LogP contribution in [0, 0.1) is 11.8 Å². The van der Waals surface area contributed by atoms with Gasteiger partial charge in [-0.05, 0) is 30.3 Å². The zero-order chi connectivity index (χ0) is 9.56. The Kier molecular flexibility index (Phi) is 7.88. The van der Waals surface area contributed by atoms with Crippen molar-refractivity contribution in [3.05, 3.63) is 0 Å². The molecule has 0 bridgehead atoms. The quantitative estimate of drug-likeness (QED) is 0.492. The SMILES string of the molecule is CC(C)CP(CCBr)CC(C)C. The van der Waals surface area contributed by atoms with E-state index >= 15 is 0 Å². The van der Waals surface area contributed by atoms with E-state index in [9.17, 15) is 0 Å². The Morgan fingerprint density at radius 2 is 1.42 bits per heavy atom. The van der Waals surface area contributed by atoms with Crippen molar-refractivity contribution in [3.8, 4) is 0 Å². The highest BCUT2D eigenvalue weighted by Crippen LogP contribution is 2.39. The van der Waals surface area contributed by atoms with Crippen LogP contribution in [0.4, 0.5) is 0 Å². The van der Waals surface area contributed by atoms with Crippen molar-refractivity contribution in [2.24, 2.45) is 11.8 Å². The highest BCUT2D eigenvalue weighted by molar-refractivity contribution is 9.09. The van der Waals surface area contributed by atoms with Gasteiger partial charge in [0.2, 0.25) is 0 Å². The van der Waals surface area contributed by atoms with E-state index in [1.807, 2.05) is 0 Å². The molecule has 12 heavy (non-hydrogen) atoms. The third kappa shape index (κ3) is 7.55. The number of hydrogen-bond donors (Lipinski definition) is 0. The molecule has 0 unspecified atom stereocenters. The topological polar surface area (TPSA) is 0 Å². The maximum Gasteiger partial charge on any atom is 0.00706 e. The molecule has 0 aromatic carbocycles. The monoisotopic (exact) mass is 252 g/mol. The normalized spacial score (nSPS) is 12.0. The van der Waals surface area contributed by atoms with Gasteiger partial charge in [-0.3, -0.25) is 0 Å². The molecule has 0 aromatic heterocycles. The highest BCUT2D eigenvalue weighted by Gasteiger charge is 2.10. The second-order valence-electron chi connectivity index (χ2n) is 4.24. The first-order valence-corrected chi connectivity index (χ1v) is 7.86. The predicted molar refractivity (Wildman–Crippen MR) is 65.0 cm³/mol. The number of rotatable bonds is 6. The summed E-state index contributed by atoms with van der Waals surface area (Å²) >= 11 is 3.55. The Balaban J connectivity index is 3.69. The Morgan fingerprint density at radius 1 is 1.00 bits per heavy atom. The molecular weight excluding hydrogens is 231 g/mol. The Hall–Kier alpha value is 0.910. The second-order valence-corrected chi connectivity index (χ2v) is 7.55. The standard InChI is InChI=1S/C10H22BrP/c1-9(2)7-12(6-5-11)8-10(3)4/h9-10H,5-8H2,1-4H3. The second kappa shape index (κ2) is 7.33. The van der Waals surface area contributed by atoms with Crippen molar-refractivity contribution in [2.45, 2.75) is 27.7 Å². The van der Waals surface area contributed by atoms with E-state index in [1.54, 1.807) is 0 Å². The van der Waals surface area contributed by atoms with Gasteiger partial charge in [-0.15, -0.1) is 7.92 Å².